The van der Waals surface area contributed by atoms with Gasteiger partial charge in [-0.2, -0.15) is 0 Å². The van der Waals surface area contributed by atoms with E-state index >= 15 is 0 Å². The van der Waals surface area contributed by atoms with Crippen molar-refractivity contribution in [2.45, 2.75) is 6.42 Å². The maximum atomic E-state index is 10.5. The molecule has 2 nitrogen and oxygen atoms in total. The van der Waals surface area contributed by atoms with Gasteiger partial charge in [0.1, 0.15) is 0 Å². The monoisotopic (exact) mass is 262 g/mol. The number of aliphatic carboxylic acids is 1. The third kappa shape index (κ3) is 2.56. The van der Waals surface area contributed by atoms with Crippen LogP contribution in [0.3, 0.4) is 0 Å². The highest BCUT2D eigenvalue weighted by Gasteiger charge is 2.19. The molecule has 0 aliphatic carbocycles. The molecule has 0 fully saturated rings. The van der Waals surface area contributed by atoms with Crippen LogP contribution in [-0.2, 0) is 4.79 Å². The van der Waals surface area contributed by atoms with Crippen LogP contribution in [0, 0.1) is 0 Å². The second-order valence-corrected chi connectivity index (χ2v) is 6.82. The van der Waals surface area contributed by atoms with E-state index < -0.39 is 5.97 Å². The van der Waals surface area contributed by atoms with Gasteiger partial charge in [0, 0.05) is 4.91 Å². The van der Waals surface area contributed by atoms with Crippen molar-refractivity contribution in [1.29, 1.82) is 0 Å². The normalized spacial score (nSPS) is 20.4. The van der Waals surface area contributed by atoms with Gasteiger partial charge in [0.25, 0.3) is 0 Å². The van der Waals surface area contributed by atoms with E-state index in [1.54, 1.807) is 47.0 Å². The number of carboxylic acids is 1. The average Bonchev–Trinajstić information content (AvgIpc) is 2.69. The van der Waals surface area contributed by atoms with Crippen molar-refractivity contribution < 1.29 is 9.90 Å². The van der Waals surface area contributed by atoms with Gasteiger partial charge >= 0.3 is 5.97 Å². The molecule has 2 heterocycles. The number of rotatable bonds is 2. The molecule has 0 radical (unpaired) electrons. The highest BCUT2D eigenvalue weighted by Crippen LogP contribution is 2.53. The Morgan fingerprint density at radius 3 is 2.57 bits per heavy atom. The van der Waals surface area contributed by atoms with Crippen LogP contribution in [0.2, 0.25) is 0 Å². The van der Waals surface area contributed by atoms with Crippen molar-refractivity contribution in [1.82, 2.24) is 0 Å². The van der Waals surface area contributed by atoms with Crippen molar-refractivity contribution in [3.8, 4) is 0 Å². The summed E-state index contributed by atoms with van der Waals surface area (Å²) in [5, 5.41) is 14.6. The van der Waals surface area contributed by atoms with Crippen LogP contribution < -0.4 is 0 Å². The molecule has 0 unspecified atom stereocenters. The molecule has 2 aliphatic heterocycles. The van der Waals surface area contributed by atoms with Gasteiger partial charge < -0.3 is 5.11 Å². The Bertz CT molecular complexity index is 346. The Balaban J connectivity index is 1.98. The van der Waals surface area contributed by atoms with Crippen LogP contribution in [-0.4, -0.2) is 11.1 Å². The molecule has 6 heteroatoms. The second kappa shape index (κ2) is 4.74. The number of hydrogen-bond acceptors (Lipinski definition) is 5. The number of thioether (sulfide) groups is 4. The fourth-order valence-electron chi connectivity index (χ4n) is 0.906. The molecule has 0 atom stereocenters. The molecule has 0 bridgehead atoms. The van der Waals surface area contributed by atoms with Crippen LogP contribution in [0.5, 0.6) is 0 Å². The average molecular weight is 262 g/mol. The molecule has 14 heavy (non-hydrogen) atoms. The van der Waals surface area contributed by atoms with E-state index in [2.05, 4.69) is 0 Å². The largest absolute Gasteiger partial charge is 0.481 e. The minimum absolute atomic E-state index is 0.136. The van der Waals surface area contributed by atoms with E-state index in [1.165, 1.54) is 8.47 Å². The van der Waals surface area contributed by atoms with Crippen LogP contribution in [0.25, 0.3) is 0 Å². The first-order chi connectivity index (χ1) is 6.75. The van der Waals surface area contributed by atoms with Crippen molar-refractivity contribution in [2.24, 2.45) is 0 Å². The smallest absolute Gasteiger partial charge is 0.308 e. The molecular weight excluding hydrogens is 256 g/mol. The summed E-state index contributed by atoms with van der Waals surface area (Å²) in [5.74, 6) is -0.763. The first kappa shape index (κ1) is 10.6. The van der Waals surface area contributed by atoms with E-state index in [0.29, 0.717) is 0 Å². The van der Waals surface area contributed by atoms with E-state index in [1.807, 2.05) is 16.2 Å². The summed E-state index contributed by atoms with van der Waals surface area (Å²) < 4.78 is 2.47. The lowest BCUT2D eigenvalue weighted by Gasteiger charge is -2.00. The summed E-state index contributed by atoms with van der Waals surface area (Å²) in [6.07, 6.45) is 0.136. The van der Waals surface area contributed by atoms with E-state index in [9.17, 15) is 4.79 Å². The summed E-state index contributed by atoms with van der Waals surface area (Å²) in [5.41, 5.74) is 0. The minimum atomic E-state index is -0.763. The number of carboxylic acid groups (broad SMARTS) is 1. The first-order valence-electron chi connectivity index (χ1n) is 3.73. The van der Waals surface area contributed by atoms with Gasteiger partial charge in [0.05, 0.1) is 14.9 Å². The third-order valence-corrected chi connectivity index (χ3v) is 6.49. The molecular formula is C8H6O2S4. The summed E-state index contributed by atoms with van der Waals surface area (Å²) in [7, 11) is 0. The molecule has 0 amide bonds. The maximum absolute atomic E-state index is 10.5. The molecule has 0 saturated carbocycles. The Kier molecular flexibility index (Phi) is 3.59. The topological polar surface area (TPSA) is 37.3 Å². The van der Waals surface area contributed by atoms with Crippen LogP contribution in [0.15, 0.2) is 29.6 Å². The Morgan fingerprint density at radius 2 is 1.93 bits per heavy atom. The lowest BCUT2D eigenvalue weighted by atomic mass is 10.4. The Labute approximate surface area is 98.7 Å². The summed E-state index contributed by atoms with van der Waals surface area (Å²) in [6, 6.07) is 0. The number of hydrogen-bond donors (Lipinski definition) is 1. The van der Waals surface area contributed by atoms with Crippen LogP contribution >= 0.6 is 47.0 Å². The van der Waals surface area contributed by atoms with Gasteiger partial charge in [0.15, 0.2) is 0 Å². The highest BCUT2D eigenvalue weighted by atomic mass is 32.2. The van der Waals surface area contributed by atoms with E-state index in [-0.39, 0.29) is 6.42 Å². The van der Waals surface area contributed by atoms with Gasteiger partial charge in [-0.05, 0) is 16.2 Å². The predicted octanol–water partition coefficient (Wildman–Crippen LogP) is 3.86. The fraction of sp³-hybridized carbons (Fsp3) is 0.125. The number of carbonyl (C=O) groups is 1. The van der Waals surface area contributed by atoms with E-state index in [4.69, 9.17) is 5.11 Å². The zero-order valence-corrected chi connectivity index (χ0v) is 10.2. The molecule has 1 N–H and O–H groups in total. The minimum Gasteiger partial charge on any atom is -0.481 e. The Hall–Kier alpha value is 0.0900. The molecule has 0 aromatic heterocycles. The maximum Gasteiger partial charge on any atom is 0.308 e. The first-order valence-corrected chi connectivity index (χ1v) is 7.19. The third-order valence-electron chi connectivity index (χ3n) is 1.42. The van der Waals surface area contributed by atoms with Gasteiger partial charge in [-0.1, -0.05) is 47.0 Å². The van der Waals surface area contributed by atoms with E-state index in [0.717, 1.165) is 4.91 Å². The molecule has 2 rings (SSSR count). The lowest BCUT2D eigenvalue weighted by Crippen LogP contribution is -1.93. The van der Waals surface area contributed by atoms with Gasteiger partial charge in [-0.15, -0.1) is 0 Å². The predicted molar refractivity (Wildman–Crippen MR) is 66.9 cm³/mol. The van der Waals surface area contributed by atoms with Crippen molar-refractivity contribution in [2.75, 3.05) is 0 Å². The standard InChI is InChI=1S/C8H6O2S4/c9-6(10)3-5-4-13-8(14-5)7-11-1-2-12-7/h1-2,4H,3H2,(H,9,10). The summed E-state index contributed by atoms with van der Waals surface area (Å²) in [4.78, 5) is 11.4. The Morgan fingerprint density at radius 1 is 1.21 bits per heavy atom. The summed E-state index contributed by atoms with van der Waals surface area (Å²) >= 11 is 6.60. The fourth-order valence-corrected chi connectivity index (χ4v) is 5.39. The zero-order chi connectivity index (χ0) is 9.97. The van der Waals surface area contributed by atoms with Crippen molar-refractivity contribution in [3.63, 3.8) is 0 Å². The molecule has 0 aromatic rings. The molecule has 2 aliphatic rings. The van der Waals surface area contributed by atoms with Crippen molar-refractivity contribution >= 4 is 53.0 Å². The van der Waals surface area contributed by atoms with Crippen LogP contribution in [0.1, 0.15) is 6.42 Å². The molecule has 0 aromatic carbocycles. The zero-order valence-electron chi connectivity index (χ0n) is 6.93. The van der Waals surface area contributed by atoms with Gasteiger partial charge in [-0.25, -0.2) is 0 Å². The van der Waals surface area contributed by atoms with Gasteiger partial charge in [0.2, 0.25) is 0 Å². The van der Waals surface area contributed by atoms with Crippen molar-refractivity contribution in [3.05, 3.63) is 29.6 Å². The SMILES string of the molecule is O=C(O)CC1=CSC(=C2SC=CS2)S1. The van der Waals surface area contributed by atoms with Gasteiger partial charge in [-0.3, -0.25) is 4.79 Å². The summed E-state index contributed by atoms with van der Waals surface area (Å²) in [6.45, 7) is 0. The lowest BCUT2D eigenvalue weighted by molar-refractivity contribution is -0.136. The molecule has 74 valence electrons. The highest BCUT2D eigenvalue weighted by molar-refractivity contribution is 8.33. The molecule has 0 saturated heterocycles. The second-order valence-electron chi connectivity index (χ2n) is 2.46. The van der Waals surface area contributed by atoms with Crippen LogP contribution in [0.4, 0.5) is 0 Å². The molecule has 0 spiro atoms. The quantitative estimate of drug-likeness (QED) is 0.814.